The third-order valence-electron chi connectivity index (χ3n) is 8.39. The van der Waals surface area contributed by atoms with Gasteiger partial charge in [0.1, 0.15) is 11.8 Å². The lowest BCUT2D eigenvalue weighted by molar-refractivity contribution is -0.143. The minimum atomic E-state index is -0.215. The number of imide groups is 1. The van der Waals surface area contributed by atoms with Crippen LogP contribution in [-0.2, 0) is 22.7 Å². The van der Waals surface area contributed by atoms with Crippen LogP contribution in [0.1, 0.15) is 42.5 Å². The molecule has 37 heavy (non-hydrogen) atoms. The molecule has 1 aliphatic carbocycles. The van der Waals surface area contributed by atoms with Gasteiger partial charge in [0.25, 0.3) is 0 Å². The number of carbonyl (C=O) groups excluding carboxylic acids is 2. The molecule has 5 heterocycles. The lowest BCUT2D eigenvalue weighted by Crippen LogP contribution is -2.49. The van der Waals surface area contributed by atoms with Gasteiger partial charge in [-0.15, -0.1) is 11.3 Å². The van der Waals surface area contributed by atoms with E-state index < -0.39 is 0 Å². The number of likely N-dealkylation sites (tertiary alicyclic amines) is 1. The van der Waals surface area contributed by atoms with Crippen molar-refractivity contribution in [1.29, 1.82) is 5.26 Å². The molecule has 2 amide bonds. The van der Waals surface area contributed by atoms with Crippen molar-refractivity contribution < 1.29 is 9.59 Å². The number of pyridine rings is 2. The number of hydrogen-bond acceptors (Lipinski definition) is 8. The average molecular weight is 515 g/mol. The minimum Gasteiger partial charge on any atom is -0.314 e. The van der Waals surface area contributed by atoms with Crippen molar-refractivity contribution in [2.75, 3.05) is 19.6 Å². The Morgan fingerprint density at radius 3 is 2.68 bits per heavy atom. The first-order chi connectivity index (χ1) is 17.7. The molecule has 3 atom stereocenters. The van der Waals surface area contributed by atoms with E-state index in [2.05, 4.69) is 28.2 Å². The van der Waals surface area contributed by atoms with E-state index in [1.54, 1.807) is 17.5 Å². The summed E-state index contributed by atoms with van der Waals surface area (Å²) in [5.41, 5.74) is 4.88. The third-order valence-corrected chi connectivity index (χ3v) is 9.53. The minimum absolute atomic E-state index is 0.0583. The molecule has 0 aromatic carbocycles. The normalized spacial score (nSPS) is 24.9. The lowest BCUT2D eigenvalue weighted by Gasteiger charge is -2.34. The number of amides is 2. The van der Waals surface area contributed by atoms with Crippen molar-refractivity contribution >= 4 is 33.4 Å². The molecule has 1 saturated carbocycles. The van der Waals surface area contributed by atoms with E-state index in [0.717, 1.165) is 63.7 Å². The Balaban J connectivity index is 1.38. The summed E-state index contributed by atoms with van der Waals surface area (Å²) < 4.78 is 0.957. The summed E-state index contributed by atoms with van der Waals surface area (Å²) in [4.78, 5) is 39.9. The summed E-state index contributed by atoms with van der Waals surface area (Å²) in [6, 6.07) is 8.40. The molecule has 2 saturated heterocycles. The fourth-order valence-electron chi connectivity index (χ4n) is 6.07. The van der Waals surface area contributed by atoms with Crippen LogP contribution in [0.4, 0.5) is 0 Å². The van der Waals surface area contributed by atoms with Crippen LogP contribution in [0.15, 0.2) is 24.4 Å². The van der Waals surface area contributed by atoms with E-state index in [1.807, 2.05) is 39.0 Å². The molecule has 9 heteroatoms. The highest BCUT2D eigenvalue weighted by molar-refractivity contribution is 7.19. The number of carbonyl (C=O) groups is 2. The Kier molecular flexibility index (Phi) is 5.68. The van der Waals surface area contributed by atoms with Crippen molar-refractivity contribution in [2.24, 2.45) is 17.3 Å². The molecular formula is C28H30N6O2S. The number of nitrogens with one attached hydrogen (secondary N) is 1. The van der Waals surface area contributed by atoms with Crippen LogP contribution in [0.2, 0.25) is 0 Å². The SMILES string of the molecule is Cc1cc(C#N)nc(-c2ccnc3cc(CN4C(=O)C5C(C4=O)C5(C)C)sc23)c1CN1CCNC[C@@H]1C. The van der Waals surface area contributed by atoms with E-state index in [0.29, 0.717) is 11.7 Å². The van der Waals surface area contributed by atoms with Gasteiger partial charge >= 0.3 is 0 Å². The predicted octanol–water partition coefficient (Wildman–Crippen LogP) is 3.47. The second-order valence-corrected chi connectivity index (χ2v) is 12.2. The first-order valence-electron chi connectivity index (χ1n) is 12.8. The van der Waals surface area contributed by atoms with Gasteiger partial charge in [-0.2, -0.15) is 5.26 Å². The van der Waals surface area contributed by atoms with Gasteiger partial charge in [0, 0.05) is 48.9 Å². The summed E-state index contributed by atoms with van der Waals surface area (Å²) in [5, 5.41) is 13.1. The summed E-state index contributed by atoms with van der Waals surface area (Å²) in [6.07, 6.45) is 1.77. The van der Waals surface area contributed by atoms with E-state index in [-0.39, 0.29) is 35.6 Å². The van der Waals surface area contributed by atoms with Gasteiger partial charge < -0.3 is 5.32 Å². The van der Waals surface area contributed by atoms with Gasteiger partial charge in [0.2, 0.25) is 11.8 Å². The lowest BCUT2D eigenvalue weighted by atomic mass is 9.99. The predicted molar refractivity (Wildman–Crippen MR) is 141 cm³/mol. The maximum atomic E-state index is 12.9. The third kappa shape index (κ3) is 3.86. The van der Waals surface area contributed by atoms with Gasteiger partial charge in [0.05, 0.1) is 34.3 Å². The Bertz CT molecular complexity index is 1460. The number of fused-ring (bicyclic) bond motifs is 2. The van der Waals surface area contributed by atoms with Crippen molar-refractivity contribution in [1.82, 2.24) is 25.1 Å². The monoisotopic (exact) mass is 514 g/mol. The topological polar surface area (TPSA) is 102 Å². The molecule has 2 unspecified atom stereocenters. The quantitative estimate of drug-likeness (QED) is 0.520. The first-order valence-corrected chi connectivity index (χ1v) is 13.6. The summed E-state index contributed by atoms with van der Waals surface area (Å²) >= 11 is 1.55. The molecule has 0 bridgehead atoms. The molecule has 3 fully saturated rings. The molecule has 8 nitrogen and oxygen atoms in total. The molecule has 2 aliphatic heterocycles. The zero-order chi connectivity index (χ0) is 26.1. The Morgan fingerprint density at radius 2 is 1.97 bits per heavy atom. The van der Waals surface area contributed by atoms with E-state index in [4.69, 9.17) is 4.98 Å². The van der Waals surface area contributed by atoms with Crippen molar-refractivity contribution in [3.8, 4) is 17.3 Å². The summed E-state index contributed by atoms with van der Waals surface area (Å²) in [6.45, 7) is 12.1. The highest BCUT2D eigenvalue weighted by Gasteiger charge is 2.72. The number of rotatable bonds is 5. The summed E-state index contributed by atoms with van der Waals surface area (Å²) in [5.74, 6) is -0.480. The number of hydrogen-bond donors (Lipinski definition) is 1. The number of piperidine rings is 1. The highest BCUT2D eigenvalue weighted by Crippen LogP contribution is 2.63. The number of nitrogens with zero attached hydrogens (tertiary/aromatic N) is 5. The Hall–Kier alpha value is -3.19. The molecule has 3 aromatic rings. The number of nitriles is 1. The van der Waals surface area contributed by atoms with Crippen LogP contribution in [-0.4, -0.2) is 57.3 Å². The van der Waals surface area contributed by atoms with E-state index in [9.17, 15) is 14.9 Å². The second-order valence-electron chi connectivity index (χ2n) is 11.1. The number of aromatic nitrogens is 2. The molecule has 0 spiro atoms. The molecule has 1 N–H and O–H groups in total. The molecule has 3 aliphatic rings. The number of thiophene rings is 1. The van der Waals surface area contributed by atoms with Crippen molar-refractivity contribution in [3.63, 3.8) is 0 Å². The van der Waals surface area contributed by atoms with E-state index >= 15 is 0 Å². The van der Waals surface area contributed by atoms with Crippen molar-refractivity contribution in [3.05, 3.63) is 46.1 Å². The smallest absolute Gasteiger partial charge is 0.234 e. The highest BCUT2D eigenvalue weighted by atomic mass is 32.1. The molecule has 6 rings (SSSR count). The molecule has 3 aromatic heterocycles. The largest absolute Gasteiger partial charge is 0.314 e. The molecular weight excluding hydrogens is 484 g/mol. The molecule has 0 radical (unpaired) electrons. The van der Waals surface area contributed by atoms with Gasteiger partial charge in [-0.25, -0.2) is 4.98 Å². The Labute approximate surface area is 220 Å². The van der Waals surface area contributed by atoms with Crippen LogP contribution in [0.5, 0.6) is 0 Å². The van der Waals surface area contributed by atoms with Gasteiger partial charge in [-0.1, -0.05) is 13.8 Å². The van der Waals surface area contributed by atoms with Crippen LogP contribution in [0.3, 0.4) is 0 Å². The van der Waals surface area contributed by atoms with Crippen LogP contribution in [0, 0.1) is 35.5 Å². The second kappa shape index (κ2) is 8.69. The fraction of sp³-hybridized carbons (Fsp3) is 0.464. The number of piperazine rings is 1. The maximum absolute atomic E-state index is 12.9. The maximum Gasteiger partial charge on any atom is 0.234 e. The molecule has 190 valence electrons. The Morgan fingerprint density at radius 1 is 1.22 bits per heavy atom. The van der Waals surface area contributed by atoms with Crippen molar-refractivity contribution in [2.45, 2.75) is 46.8 Å². The summed E-state index contributed by atoms with van der Waals surface area (Å²) in [7, 11) is 0. The van der Waals surface area contributed by atoms with Crippen LogP contribution >= 0.6 is 11.3 Å². The van der Waals surface area contributed by atoms with Crippen LogP contribution < -0.4 is 5.32 Å². The number of aryl methyl sites for hydroxylation is 1. The first kappa shape index (κ1) is 24.2. The van der Waals surface area contributed by atoms with E-state index in [1.165, 1.54) is 4.90 Å². The van der Waals surface area contributed by atoms with Gasteiger partial charge in [0.15, 0.2) is 0 Å². The zero-order valence-electron chi connectivity index (χ0n) is 21.5. The standard InChI is InChI=1S/C28H30N6O2S/c1-15-9-17(11-29)32-24(20(15)14-33-8-7-30-12-16(33)2)19-5-6-31-21-10-18(37-25(19)21)13-34-26(35)22-23(27(34)36)28(22,3)4/h5-6,9-10,16,22-23,30H,7-8,12-14H2,1-4H3/t16-,22?,23?/m0/s1. The van der Waals surface area contributed by atoms with Gasteiger partial charge in [-0.3, -0.25) is 24.4 Å². The van der Waals surface area contributed by atoms with Crippen LogP contribution in [0.25, 0.3) is 21.5 Å². The van der Waals surface area contributed by atoms with Gasteiger partial charge in [-0.05, 0) is 48.6 Å². The zero-order valence-corrected chi connectivity index (χ0v) is 22.4. The average Bonchev–Trinajstić information content (AvgIpc) is 3.11. The fourth-order valence-corrected chi connectivity index (χ4v) is 7.18.